The summed E-state index contributed by atoms with van der Waals surface area (Å²) in [7, 11) is 0. The first-order valence-corrected chi connectivity index (χ1v) is 5.99. The van der Waals surface area contributed by atoms with Gasteiger partial charge in [0.15, 0.2) is 0 Å². The molecular weight excluding hydrogens is 248 g/mol. The lowest BCUT2D eigenvalue weighted by molar-refractivity contribution is 1.45. The predicted molar refractivity (Wildman–Crippen MR) is 79.7 cm³/mol. The number of rotatable bonds is 0. The van der Waals surface area contributed by atoms with Crippen molar-refractivity contribution in [3.63, 3.8) is 0 Å². The van der Waals surface area contributed by atoms with Crippen LogP contribution in [0.15, 0.2) is 36.4 Å². The Morgan fingerprint density at radius 3 is 1.30 bits per heavy atom. The van der Waals surface area contributed by atoms with Crippen molar-refractivity contribution in [1.82, 2.24) is 0 Å². The van der Waals surface area contributed by atoms with Gasteiger partial charge in [-0.05, 0) is 57.9 Å². The number of fused-ring (bicyclic) bond motifs is 2. The highest BCUT2D eigenvalue weighted by atomic mass is 14.7. The number of nitrogens with two attached hydrogens (primary N) is 2. The standard InChI is InChI=1S/C16H10N4/c17-7-13-3-9-1-11-5-15(19)16(20)6-12(11)2-10(9)4-14(13)8-18/h1-6H,19-20H2. The van der Waals surface area contributed by atoms with E-state index in [1.54, 1.807) is 12.1 Å². The maximum atomic E-state index is 9.07. The molecular formula is C16H10N4. The number of anilines is 2. The Bertz CT molecular complexity index is 865. The zero-order chi connectivity index (χ0) is 14.3. The molecule has 4 N–H and O–H groups in total. The zero-order valence-corrected chi connectivity index (χ0v) is 10.5. The van der Waals surface area contributed by atoms with Crippen LogP contribution in [-0.2, 0) is 0 Å². The summed E-state index contributed by atoms with van der Waals surface area (Å²) in [6, 6.07) is 15.0. The highest BCUT2D eigenvalue weighted by molar-refractivity contribution is 6.02. The minimum atomic E-state index is 0.378. The van der Waals surface area contributed by atoms with Crippen molar-refractivity contribution in [2.45, 2.75) is 0 Å². The van der Waals surface area contributed by atoms with Crippen LogP contribution in [0.5, 0.6) is 0 Å². The number of nitrogens with zero attached hydrogens (tertiary/aromatic N) is 2. The number of hydrogen-bond donors (Lipinski definition) is 2. The van der Waals surface area contributed by atoms with Gasteiger partial charge in [0.25, 0.3) is 0 Å². The van der Waals surface area contributed by atoms with Crippen molar-refractivity contribution < 1.29 is 0 Å². The first-order valence-electron chi connectivity index (χ1n) is 5.99. The molecule has 4 heteroatoms. The van der Waals surface area contributed by atoms with Gasteiger partial charge < -0.3 is 11.5 Å². The molecule has 0 bridgehead atoms. The molecule has 3 aromatic carbocycles. The largest absolute Gasteiger partial charge is 0.397 e. The van der Waals surface area contributed by atoms with Gasteiger partial charge in [0.2, 0.25) is 0 Å². The fourth-order valence-corrected chi connectivity index (χ4v) is 2.32. The molecule has 0 aliphatic carbocycles. The molecule has 0 fully saturated rings. The molecule has 3 aromatic rings. The average Bonchev–Trinajstić information content (AvgIpc) is 2.45. The molecule has 0 atom stereocenters. The number of benzene rings is 3. The fraction of sp³-hybridized carbons (Fsp3) is 0. The molecule has 94 valence electrons. The molecule has 0 unspecified atom stereocenters. The fourth-order valence-electron chi connectivity index (χ4n) is 2.32. The minimum absolute atomic E-state index is 0.378. The zero-order valence-electron chi connectivity index (χ0n) is 10.5. The molecule has 0 spiro atoms. The van der Waals surface area contributed by atoms with Gasteiger partial charge in [-0.15, -0.1) is 0 Å². The smallest absolute Gasteiger partial charge is 0.101 e. The molecule has 20 heavy (non-hydrogen) atoms. The summed E-state index contributed by atoms with van der Waals surface area (Å²) < 4.78 is 0. The molecule has 0 aliphatic heterocycles. The van der Waals surface area contributed by atoms with Crippen molar-refractivity contribution in [3.8, 4) is 12.1 Å². The summed E-state index contributed by atoms with van der Waals surface area (Å²) in [6.07, 6.45) is 0. The van der Waals surface area contributed by atoms with Gasteiger partial charge in [0.05, 0.1) is 22.5 Å². The topological polar surface area (TPSA) is 99.6 Å². The second-order valence-corrected chi connectivity index (χ2v) is 4.65. The molecule has 0 aliphatic rings. The molecule has 0 heterocycles. The third-order valence-electron chi connectivity index (χ3n) is 3.37. The Morgan fingerprint density at radius 1 is 0.600 bits per heavy atom. The summed E-state index contributed by atoms with van der Waals surface area (Å²) >= 11 is 0. The van der Waals surface area contributed by atoms with Gasteiger partial charge in [0.1, 0.15) is 12.1 Å². The normalized spacial score (nSPS) is 10.3. The van der Waals surface area contributed by atoms with Crippen molar-refractivity contribution in [2.24, 2.45) is 0 Å². The molecule has 0 radical (unpaired) electrons. The Labute approximate surface area is 115 Å². The third-order valence-corrected chi connectivity index (χ3v) is 3.37. The van der Waals surface area contributed by atoms with E-state index in [1.165, 1.54) is 0 Å². The molecule has 3 rings (SSSR count). The lowest BCUT2D eigenvalue weighted by Gasteiger charge is -2.07. The SMILES string of the molecule is N#Cc1cc2cc3cc(N)c(N)cc3cc2cc1C#N. The highest BCUT2D eigenvalue weighted by Crippen LogP contribution is 2.29. The van der Waals surface area contributed by atoms with Gasteiger partial charge in [-0.25, -0.2) is 0 Å². The summed E-state index contributed by atoms with van der Waals surface area (Å²) in [5.74, 6) is 0. The molecule has 0 saturated carbocycles. The van der Waals surface area contributed by atoms with E-state index in [0.717, 1.165) is 21.5 Å². The van der Waals surface area contributed by atoms with Crippen molar-refractivity contribution in [1.29, 1.82) is 10.5 Å². The quantitative estimate of drug-likeness (QED) is 0.478. The van der Waals surface area contributed by atoms with Crippen LogP contribution < -0.4 is 11.5 Å². The highest BCUT2D eigenvalue weighted by Gasteiger charge is 2.07. The summed E-state index contributed by atoms with van der Waals surface area (Å²) in [4.78, 5) is 0. The van der Waals surface area contributed by atoms with Crippen LogP contribution in [0.25, 0.3) is 21.5 Å². The number of hydrogen-bond acceptors (Lipinski definition) is 4. The van der Waals surface area contributed by atoms with Crippen LogP contribution >= 0.6 is 0 Å². The molecule has 0 saturated heterocycles. The Hall–Kier alpha value is -3.24. The van der Waals surface area contributed by atoms with Crippen LogP contribution in [0.2, 0.25) is 0 Å². The Kier molecular flexibility index (Phi) is 2.45. The van der Waals surface area contributed by atoms with E-state index in [0.29, 0.717) is 22.5 Å². The van der Waals surface area contributed by atoms with Crippen LogP contribution in [0.3, 0.4) is 0 Å². The predicted octanol–water partition coefficient (Wildman–Crippen LogP) is 2.90. The van der Waals surface area contributed by atoms with E-state index >= 15 is 0 Å². The molecule has 0 aromatic heterocycles. The third kappa shape index (κ3) is 1.68. The average molecular weight is 258 g/mol. The maximum absolute atomic E-state index is 9.07. The van der Waals surface area contributed by atoms with Crippen molar-refractivity contribution in [3.05, 3.63) is 47.5 Å². The lowest BCUT2D eigenvalue weighted by atomic mass is 9.98. The van der Waals surface area contributed by atoms with Crippen LogP contribution in [0.1, 0.15) is 11.1 Å². The van der Waals surface area contributed by atoms with Gasteiger partial charge in [-0.1, -0.05) is 0 Å². The molecule has 0 amide bonds. The molecule has 4 nitrogen and oxygen atoms in total. The van der Waals surface area contributed by atoms with Crippen LogP contribution in [0, 0.1) is 22.7 Å². The second kappa shape index (κ2) is 4.15. The van der Waals surface area contributed by atoms with Crippen molar-refractivity contribution >= 4 is 32.9 Å². The number of nitrogen functional groups attached to an aromatic ring is 2. The van der Waals surface area contributed by atoms with Gasteiger partial charge in [-0.3, -0.25) is 0 Å². The van der Waals surface area contributed by atoms with E-state index in [9.17, 15) is 0 Å². The van der Waals surface area contributed by atoms with Crippen molar-refractivity contribution in [2.75, 3.05) is 11.5 Å². The van der Waals surface area contributed by atoms with E-state index in [2.05, 4.69) is 0 Å². The van der Waals surface area contributed by atoms with E-state index in [-0.39, 0.29) is 0 Å². The van der Waals surface area contributed by atoms with Gasteiger partial charge in [0, 0.05) is 0 Å². The van der Waals surface area contributed by atoms with Crippen LogP contribution in [0.4, 0.5) is 11.4 Å². The Balaban J connectivity index is 2.43. The summed E-state index contributed by atoms with van der Waals surface area (Å²) in [5.41, 5.74) is 13.4. The van der Waals surface area contributed by atoms with E-state index in [1.807, 2.05) is 36.4 Å². The first kappa shape index (κ1) is 11.8. The Morgan fingerprint density at radius 2 is 0.950 bits per heavy atom. The van der Waals surface area contributed by atoms with Gasteiger partial charge >= 0.3 is 0 Å². The maximum Gasteiger partial charge on any atom is 0.101 e. The number of nitriles is 2. The first-order chi connectivity index (χ1) is 9.62. The minimum Gasteiger partial charge on any atom is -0.397 e. The summed E-state index contributed by atoms with van der Waals surface area (Å²) in [5, 5.41) is 21.8. The monoisotopic (exact) mass is 258 g/mol. The lowest BCUT2D eigenvalue weighted by Crippen LogP contribution is -1.94. The van der Waals surface area contributed by atoms with E-state index in [4.69, 9.17) is 22.0 Å². The second-order valence-electron chi connectivity index (χ2n) is 4.65. The van der Waals surface area contributed by atoms with Crippen LogP contribution in [-0.4, -0.2) is 0 Å². The van der Waals surface area contributed by atoms with Gasteiger partial charge in [-0.2, -0.15) is 10.5 Å². The summed E-state index contributed by atoms with van der Waals surface area (Å²) in [6.45, 7) is 0. The van der Waals surface area contributed by atoms with E-state index < -0.39 is 0 Å².